The number of piperazine rings is 2. The number of para-hydroxylation sites is 1. The van der Waals surface area contributed by atoms with Gasteiger partial charge in [-0.15, -0.1) is 0 Å². The van der Waals surface area contributed by atoms with Gasteiger partial charge in [0.1, 0.15) is 5.69 Å². The van der Waals surface area contributed by atoms with Gasteiger partial charge < -0.3 is 19.6 Å². The Morgan fingerprint density at radius 1 is 0.857 bits per heavy atom. The van der Waals surface area contributed by atoms with E-state index in [0.29, 0.717) is 5.69 Å². The molecule has 4 rings (SSSR count). The van der Waals surface area contributed by atoms with Crippen molar-refractivity contribution < 1.29 is 4.79 Å². The number of carbonyl (C=O) groups excluding carboxylic acids is 1. The van der Waals surface area contributed by atoms with Crippen LogP contribution in [0.3, 0.4) is 0 Å². The van der Waals surface area contributed by atoms with Crippen molar-refractivity contribution in [1.82, 2.24) is 14.8 Å². The number of rotatable bonds is 4. The first-order valence-electron chi connectivity index (χ1n) is 10.3. The van der Waals surface area contributed by atoms with Crippen molar-refractivity contribution in [2.75, 3.05) is 68.7 Å². The first-order valence-corrected chi connectivity index (χ1v) is 10.3. The fourth-order valence-electron chi connectivity index (χ4n) is 4.02. The number of hydrogen-bond acceptors (Lipinski definition) is 5. The summed E-state index contributed by atoms with van der Waals surface area (Å²) in [5, 5.41) is 0. The van der Waals surface area contributed by atoms with Crippen molar-refractivity contribution >= 4 is 17.3 Å². The normalized spacial score (nSPS) is 18.4. The van der Waals surface area contributed by atoms with Gasteiger partial charge in [0.05, 0.1) is 0 Å². The molecule has 3 heterocycles. The van der Waals surface area contributed by atoms with Crippen molar-refractivity contribution in [2.24, 2.45) is 0 Å². The third kappa shape index (κ3) is 4.12. The van der Waals surface area contributed by atoms with Gasteiger partial charge in [-0.3, -0.25) is 9.78 Å². The van der Waals surface area contributed by atoms with Gasteiger partial charge in [0.2, 0.25) is 0 Å². The first-order chi connectivity index (χ1) is 13.7. The van der Waals surface area contributed by atoms with Gasteiger partial charge in [-0.1, -0.05) is 25.1 Å². The van der Waals surface area contributed by atoms with Crippen LogP contribution in [0.25, 0.3) is 0 Å². The summed E-state index contributed by atoms with van der Waals surface area (Å²) in [5.74, 6) is 0.0560. The molecule has 0 saturated carbocycles. The van der Waals surface area contributed by atoms with Crippen LogP contribution in [0.5, 0.6) is 0 Å². The average molecular weight is 380 g/mol. The smallest absolute Gasteiger partial charge is 0.272 e. The Hall–Kier alpha value is -2.60. The van der Waals surface area contributed by atoms with Crippen LogP contribution in [0.2, 0.25) is 0 Å². The monoisotopic (exact) mass is 379 g/mol. The van der Waals surface area contributed by atoms with Crippen LogP contribution in [0.1, 0.15) is 17.4 Å². The van der Waals surface area contributed by atoms with Gasteiger partial charge >= 0.3 is 0 Å². The van der Waals surface area contributed by atoms with Gasteiger partial charge in [-0.2, -0.15) is 0 Å². The lowest BCUT2D eigenvalue weighted by molar-refractivity contribution is 0.0637. The number of amides is 1. The minimum absolute atomic E-state index is 0.0560. The molecule has 0 radical (unpaired) electrons. The maximum Gasteiger partial charge on any atom is 0.272 e. The van der Waals surface area contributed by atoms with Gasteiger partial charge in [0, 0.05) is 69.9 Å². The predicted octanol–water partition coefficient (Wildman–Crippen LogP) is 2.19. The van der Waals surface area contributed by atoms with E-state index in [9.17, 15) is 4.79 Å². The molecule has 2 aliphatic heterocycles. The number of hydrogen-bond donors (Lipinski definition) is 0. The van der Waals surface area contributed by atoms with Gasteiger partial charge in [0.25, 0.3) is 5.91 Å². The zero-order valence-electron chi connectivity index (χ0n) is 16.6. The minimum atomic E-state index is 0.0560. The molecule has 0 spiro atoms. The molecule has 0 aliphatic carbocycles. The summed E-state index contributed by atoms with van der Waals surface area (Å²) in [6.07, 6.45) is 1.77. The zero-order valence-corrected chi connectivity index (χ0v) is 16.6. The summed E-state index contributed by atoms with van der Waals surface area (Å²) in [6, 6.07) is 14.5. The molecule has 1 aromatic carbocycles. The van der Waals surface area contributed by atoms with Crippen LogP contribution in [0, 0.1) is 0 Å². The van der Waals surface area contributed by atoms with Crippen LogP contribution in [0.4, 0.5) is 11.4 Å². The van der Waals surface area contributed by atoms with E-state index in [2.05, 4.69) is 56.9 Å². The molecule has 2 aromatic rings. The molecule has 2 saturated heterocycles. The van der Waals surface area contributed by atoms with E-state index in [1.807, 2.05) is 17.0 Å². The van der Waals surface area contributed by atoms with Crippen molar-refractivity contribution in [1.29, 1.82) is 0 Å². The average Bonchev–Trinajstić information content (AvgIpc) is 2.79. The van der Waals surface area contributed by atoms with Crippen LogP contribution >= 0.6 is 0 Å². The predicted molar refractivity (Wildman–Crippen MR) is 113 cm³/mol. The lowest BCUT2D eigenvalue weighted by atomic mass is 10.2. The second-order valence-corrected chi connectivity index (χ2v) is 7.44. The Bertz CT molecular complexity index is 781. The number of aromatic nitrogens is 1. The number of benzene rings is 1. The molecular formula is C22H29N5O. The summed E-state index contributed by atoms with van der Waals surface area (Å²) in [6.45, 7) is 10.5. The number of nitrogens with zero attached hydrogens (tertiary/aromatic N) is 5. The molecule has 0 unspecified atom stereocenters. The largest absolute Gasteiger partial charge is 0.368 e. The molecule has 2 fully saturated rings. The second kappa shape index (κ2) is 8.61. The standard InChI is InChI=1S/C22H29N5O/c1-2-24-10-12-27(13-11-24)22(28)21-18-20(8-9-23-21)26-16-14-25(15-17-26)19-6-4-3-5-7-19/h3-9,18H,2,10-17H2,1H3. The highest BCUT2D eigenvalue weighted by atomic mass is 16.2. The summed E-state index contributed by atoms with van der Waals surface area (Å²) in [5.41, 5.74) is 2.94. The van der Waals surface area contributed by atoms with Gasteiger partial charge in [-0.25, -0.2) is 0 Å². The SMILES string of the molecule is CCN1CCN(C(=O)c2cc(N3CCN(c4ccccc4)CC3)ccn2)CC1. The zero-order chi connectivity index (χ0) is 19.3. The van der Waals surface area contributed by atoms with Crippen LogP contribution in [0.15, 0.2) is 48.7 Å². The second-order valence-electron chi connectivity index (χ2n) is 7.44. The highest BCUT2D eigenvalue weighted by Gasteiger charge is 2.23. The maximum atomic E-state index is 12.9. The van der Waals surface area contributed by atoms with Crippen LogP contribution in [-0.4, -0.2) is 79.6 Å². The number of carbonyl (C=O) groups is 1. The summed E-state index contributed by atoms with van der Waals surface area (Å²) < 4.78 is 0. The molecule has 1 amide bonds. The molecule has 0 N–H and O–H groups in total. The Labute approximate surface area is 167 Å². The summed E-state index contributed by atoms with van der Waals surface area (Å²) >= 11 is 0. The van der Waals surface area contributed by atoms with E-state index in [1.54, 1.807) is 6.20 Å². The molecule has 0 atom stereocenters. The van der Waals surface area contributed by atoms with Crippen molar-refractivity contribution in [3.63, 3.8) is 0 Å². The highest BCUT2D eigenvalue weighted by molar-refractivity contribution is 5.93. The molecule has 148 valence electrons. The van der Waals surface area contributed by atoms with E-state index in [1.165, 1.54) is 5.69 Å². The van der Waals surface area contributed by atoms with Crippen molar-refractivity contribution in [2.45, 2.75) is 6.92 Å². The topological polar surface area (TPSA) is 42.9 Å². The Balaban J connectivity index is 1.38. The maximum absolute atomic E-state index is 12.9. The molecule has 28 heavy (non-hydrogen) atoms. The number of anilines is 2. The molecule has 6 heteroatoms. The third-order valence-electron chi connectivity index (χ3n) is 5.84. The Kier molecular flexibility index (Phi) is 5.76. The minimum Gasteiger partial charge on any atom is -0.368 e. The lowest BCUT2D eigenvalue weighted by Gasteiger charge is -2.37. The summed E-state index contributed by atoms with van der Waals surface area (Å²) in [7, 11) is 0. The molecule has 6 nitrogen and oxygen atoms in total. The van der Waals surface area contributed by atoms with E-state index in [0.717, 1.165) is 64.6 Å². The van der Waals surface area contributed by atoms with E-state index in [4.69, 9.17) is 0 Å². The van der Waals surface area contributed by atoms with E-state index < -0.39 is 0 Å². The van der Waals surface area contributed by atoms with Gasteiger partial charge in [-0.05, 0) is 30.8 Å². The molecule has 2 aliphatic rings. The Morgan fingerprint density at radius 3 is 2.14 bits per heavy atom. The van der Waals surface area contributed by atoms with Crippen molar-refractivity contribution in [3.8, 4) is 0 Å². The highest BCUT2D eigenvalue weighted by Crippen LogP contribution is 2.21. The molecule has 1 aromatic heterocycles. The number of likely N-dealkylation sites (N-methyl/N-ethyl adjacent to an activating group) is 1. The molecular weight excluding hydrogens is 350 g/mol. The lowest BCUT2D eigenvalue weighted by Crippen LogP contribution is -2.48. The van der Waals surface area contributed by atoms with Crippen molar-refractivity contribution in [3.05, 3.63) is 54.4 Å². The van der Waals surface area contributed by atoms with Crippen LogP contribution < -0.4 is 9.80 Å². The van der Waals surface area contributed by atoms with E-state index in [-0.39, 0.29) is 5.91 Å². The van der Waals surface area contributed by atoms with Crippen LogP contribution in [-0.2, 0) is 0 Å². The first kappa shape index (κ1) is 18.7. The number of pyridine rings is 1. The Morgan fingerprint density at radius 2 is 1.50 bits per heavy atom. The van der Waals surface area contributed by atoms with Gasteiger partial charge in [0.15, 0.2) is 0 Å². The third-order valence-corrected chi connectivity index (χ3v) is 5.84. The fourth-order valence-corrected chi connectivity index (χ4v) is 4.02. The van der Waals surface area contributed by atoms with E-state index >= 15 is 0 Å². The molecule has 0 bridgehead atoms. The quantitative estimate of drug-likeness (QED) is 0.815. The fraction of sp³-hybridized carbons (Fsp3) is 0.455. The summed E-state index contributed by atoms with van der Waals surface area (Å²) in [4.78, 5) is 26.3.